The first-order valence-corrected chi connectivity index (χ1v) is 12.3. The van der Waals surface area contributed by atoms with Gasteiger partial charge in [0.25, 0.3) is 5.91 Å². The number of nitrogens with one attached hydrogen (secondary N) is 1. The summed E-state index contributed by atoms with van der Waals surface area (Å²) in [6.45, 7) is 1.97. The molecular formula is C26H25ClN2O2S. The van der Waals surface area contributed by atoms with Crippen LogP contribution < -0.4 is 5.32 Å². The van der Waals surface area contributed by atoms with Crippen LogP contribution in [0.25, 0.3) is 0 Å². The maximum atomic E-state index is 13.8. The Morgan fingerprint density at radius 1 is 1.09 bits per heavy atom. The van der Waals surface area contributed by atoms with Crippen LogP contribution in [0.1, 0.15) is 64.0 Å². The van der Waals surface area contributed by atoms with Gasteiger partial charge in [0.15, 0.2) is 0 Å². The third-order valence-corrected chi connectivity index (χ3v) is 7.85. The van der Waals surface area contributed by atoms with E-state index in [0.29, 0.717) is 16.3 Å². The molecule has 0 radical (unpaired) electrons. The van der Waals surface area contributed by atoms with Gasteiger partial charge < -0.3 is 10.2 Å². The molecule has 164 valence electrons. The predicted molar refractivity (Wildman–Crippen MR) is 129 cm³/mol. The number of hydrogen-bond acceptors (Lipinski definition) is 3. The van der Waals surface area contributed by atoms with Crippen molar-refractivity contribution in [3.05, 3.63) is 86.6 Å². The Hall–Kier alpha value is -2.63. The number of amides is 2. The van der Waals surface area contributed by atoms with Gasteiger partial charge in [0, 0.05) is 16.5 Å². The summed E-state index contributed by atoms with van der Waals surface area (Å²) in [5.74, 6) is -0.624. The molecule has 1 fully saturated rings. The fourth-order valence-electron chi connectivity index (χ4n) is 5.11. The van der Waals surface area contributed by atoms with Crippen LogP contribution >= 0.6 is 22.9 Å². The number of carbonyl (C=O) groups excluding carboxylic acids is 2. The highest BCUT2D eigenvalue weighted by Crippen LogP contribution is 2.47. The molecule has 2 aromatic carbocycles. The zero-order valence-electron chi connectivity index (χ0n) is 17.9. The topological polar surface area (TPSA) is 49.4 Å². The first kappa shape index (κ1) is 21.2. The molecule has 1 N–H and O–H groups in total. The van der Waals surface area contributed by atoms with Crippen molar-refractivity contribution >= 4 is 40.4 Å². The van der Waals surface area contributed by atoms with Crippen LogP contribution in [0, 0.1) is 6.92 Å². The van der Waals surface area contributed by atoms with Crippen molar-refractivity contribution in [1.29, 1.82) is 0 Å². The molecule has 1 aliphatic heterocycles. The number of fused-ring (bicyclic) bond motifs is 1. The summed E-state index contributed by atoms with van der Waals surface area (Å²) < 4.78 is 0. The molecular weight excluding hydrogens is 440 g/mol. The summed E-state index contributed by atoms with van der Waals surface area (Å²) in [6.07, 6.45) is 4.19. The van der Waals surface area contributed by atoms with Gasteiger partial charge in [-0.2, -0.15) is 0 Å². The van der Waals surface area contributed by atoms with Gasteiger partial charge in [-0.1, -0.05) is 54.8 Å². The van der Waals surface area contributed by atoms with E-state index < -0.39 is 5.92 Å². The molecule has 2 aliphatic rings. The molecule has 1 aromatic heterocycles. The highest BCUT2D eigenvalue weighted by atomic mass is 35.5. The quantitative estimate of drug-likeness (QED) is 0.474. The van der Waals surface area contributed by atoms with Crippen molar-refractivity contribution in [3.8, 4) is 0 Å². The fourth-order valence-corrected chi connectivity index (χ4v) is 6.25. The zero-order chi connectivity index (χ0) is 22.2. The number of thiophene rings is 1. The second kappa shape index (κ2) is 8.72. The summed E-state index contributed by atoms with van der Waals surface area (Å²) in [6, 6.07) is 17.0. The van der Waals surface area contributed by atoms with Crippen LogP contribution in [-0.4, -0.2) is 22.8 Å². The highest BCUT2D eigenvalue weighted by molar-refractivity contribution is 7.10. The van der Waals surface area contributed by atoms with E-state index in [4.69, 9.17) is 11.6 Å². The van der Waals surface area contributed by atoms with E-state index in [9.17, 15) is 9.59 Å². The minimum Gasteiger partial charge on any atom is -0.327 e. The standard InChI is InChI=1S/C26H25ClN2O2S/c1-16-12-13-21(20(27)15-16)28-25(30)23-18-9-4-5-10-19(18)26(31)29(17-7-2-3-8-17)24(23)22-11-6-14-32-22/h4-6,9-15,17,23-24H,2-3,7-8H2,1H3,(H,28,30). The Balaban J connectivity index is 1.62. The van der Waals surface area contributed by atoms with Crippen molar-refractivity contribution in [3.63, 3.8) is 0 Å². The minimum absolute atomic E-state index is 0.0309. The maximum Gasteiger partial charge on any atom is 0.254 e. The van der Waals surface area contributed by atoms with E-state index >= 15 is 0 Å². The van der Waals surface area contributed by atoms with Crippen LogP contribution in [0.2, 0.25) is 5.02 Å². The summed E-state index contributed by atoms with van der Waals surface area (Å²) in [7, 11) is 0. The van der Waals surface area contributed by atoms with Gasteiger partial charge >= 0.3 is 0 Å². The summed E-state index contributed by atoms with van der Waals surface area (Å²) in [5, 5.41) is 5.59. The highest BCUT2D eigenvalue weighted by Gasteiger charge is 2.47. The molecule has 2 atom stereocenters. The second-order valence-electron chi connectivity index (χ2n) is 8.65. The molecule has 0 saturated heterocycles. The van der Waals surface area contributed by atoms with Crippen molar-refractivity contribution in [1.82, 2.24) is 4.90 Å². The lowest BCUT2D eigenvalue weighted by molar-refractivity contribution is -0.119. The third kappa shape index (κ3) is 3.74. The molecule has 5 rings (SSSR count). The summed E-state index contributed by atoms with van der Waals surface area (Å²) >= 11 is 8.03. The van der Waals surface area contributed by atoms with Crippen molar-refractivity contribution in [2.45, 2.75) is 50.6 Å². The first-order chi connectivity index (χ1) is 15.5. The Bertz CT molecular complexity index is 1150. The maximum absolute atomic E-state index is 13.8. The molecule has 4 nitrogen and oxygen atoms in total. The molecule has 1 saturated carbocycles. The van der Waals surface area contributed by atoms with Crippen molar-refractivity contribution in [2.75, 3.05) is 5.32 Å². The smallest absolute Gasteiger partial charge is 0.254 e. The summed E-state index contributed by atoms with van der Waals surface area (Å²) in [4.78, 5) is 30.6. The van der Waals surface area contributed by atoms with E-state index in [0.717, 1.165) is 41.7 Å². The largest absolute Gasteiger partial charge is 0.327 e. The van der Waals surface area contributed by atoms with Crippen molar-refractivity contribution < 1.29 is 9.59 Å². The van der Waals surface area contributed by atoms with Crippen LogP contribution in [0.3, 0.4) is 0 Å². The number of carbonyl (C=O) groups is 2. The lowest BCUT2D eigenvalue weighted by atomic mass is 9.80. The SMILES string of the molecule is Cc1ccc(NC(=O)C2c3ccccc3C(=O)N(C3CCCC3)C2c2cccs2)c(Cl)c1. The Morgan fingerprint density at radius 3 is 2.59 bits per heavy atom. The molecule has 2 unspecified atom stereocenters. The van der Waals surface area contributed by atoms with Gasteiger partial charge in [-0.25, -0.2) is 0 Å². The van der Waals surface area contributed by atoms with Gasteiger partial charge in [-0.3, -0.25) is 9.59 Å². The number of hydrogen-bond donors (Lipinski definition) is 1. The molecule has 1 aliphatic carbocycles. The Morgan fingerprint density at radius 2 is 1.88 bits per heavy atom. The van der Waals surface area contributed by atoms with E-state index in [2.05, 4.69) is 5.32 Å². The second-order valence-corrected chi connectivity index (χ2v) is 10.0. The third-order valence-electron chi connectivity index (χ3n) is 6.59. The van der Waals surface area contributed by atoms with Crippen molar-refractivity contribution in [2.24, 2.45) is 0 Å². The zero-order valence-corrected chi connectivity index (χ0v) is 19.5. The lowest BCUT2D eigenvalue weighted by Crippen LogP contribution is -2.49. The van der Waals surface area contributed by atoms with E-state index in [-0.39, 0.29) is 23.9 Å². The average molecular weight is 465 g/mol. The van der Waals surface area contributed by atoms with Crippen LogP contribution in [0.15, 0.2) is 60.0 Å². The van der Waals surface area contributed by atoms with E-state index in [1.807, 2.05) is 71.8 Å². The van der Waals surface area contributed by atoms with Crippen LogP contribution in [0.5, 0.6) is 0 Å². The molecule has 6 heteroatoms. The molecule has 0 spiro atoms. The molecule has 3 aromatic rings. The molecule has 32 heavy (non-hydrogen) atoms. The number of nitrogens with zero attached hydrogens (tertiary/aromatic N) is 1. The fraction of sp³-hybridized carbons (Fsp3) is 0.308. The van der Waals surface area contributed by atoms with Gasteiger partial charge in [0.1, 0.15) is 0 Å². The number of aryl methyl sites for hydroxylation is 1. The van der Waals surface area contributed by atoms with Gasteiger partial charge in [0.2, 0.25) is 5.91 Å². The van der Waals surface area contributed by atoms with Crippen LogP contribution in [-0.2, 0) is 4.79 Å². The number of anilines is 1. The monoisotopic (exact) mass is 464 g/mol. The number of rotatable bonds is 4. The average Bonchev–Trinajstić information content (AvgIpc) is 3.50. The van der Waals surface area contributed by atoms with Gasteiger partial charge in [-0.05, 0) is 60.5 Å². The van der Waals surface area contributed by atoms with Gasteiger partial charge in [-0.15, -0.1) is 11.3 Å². The van der Waals surface area contributed by atoms with E-state index in [1.54, 1.807) is 11.3 Å². The predicted octanol–water partition coefficient (Wildman–Crippen LogP) is 6.57. The Labute approximate surface area is 197 Å². The van der Waals surface area contributed by atoms with Gasteiger partial charge in [0.05, 0.1) is 22.7 Å². The lowest BCUT2D eigenvalue weighted by Gasteiger charge is -2.44. The normalized spacial score (nSPS) is 20.9. The summed E-state index contributed by atoms with van der Waals surface area (Å²) in [5.41, 5.74) is 3.03. The van der Waals surface area contributed by atoms with E-state index in [1.165, 1.54) is 0 Å². The Kier molecular flexibility index (Phi) is 5.78. The number of benzene rings is 2. The molecule has 2 heterocycles. The first-order valence-electron chi connectivity index (χ1n) is 11.1. The van der Waals surface area contributed by atoms with Crippen LogP contribution in [0.4, 0.5) is 5.69 Å². The minimum atomic E-state index is -0.513. The molecule has 0 bridgehead atoms. The molecule has 2 amide bonds. The number of halogens is 1.